The summed E-state index contributed by atoms with van der Waals surface area (Å²) in [6, 6.07) is 0.905. The van der Waals surface area contributed by atoms with E-state index in [0.29, 0.717) is 0 Å². The lowest BCUT2D eigenvalue weighted by molar-refractivity contribution is 0.128. The maximum atomic E-state index is 2.73. The molecule has 1 unspecified atom stereocenters. The molecule has 0 saturated carbocycles. The molecule has 0 amide bonds. The standard InChI is InChI=1S/C12H24N2.2C2H6/c1-3-13-7-5-12(6-8-13)14-9-4-11(2)10-14;2*1-2/h11-12H,3-10H2,1-2H3;2*1-2H3. The maximum absolute atomic E-state index is 2.73. The zero-order valence-electron chi connectivity index (χ0n) is 13.7. The minimum absolute atomic E-state index is 0.905. The molecule has 2 nitrogen and oxygen atoms in total. The van der Waals surface area contributed by atoms with Crippen molar-refractivity contribution in [3.63, 3.8) is 0 Å². The van der Waals surface area contributed by atoms with Crippen LogP contribution in [-0.2, 0) is 0 Å². The molecule has 2 rings (SSSR count). The minimum atomic E-state index is 0.905. The molecule has 18 heavy (non-hydrogen) atoms. The summed E-state index contributed by atoms with van der Waals surface area (Å²) in [6.07, 6.45) is 4.23. The topological polar surface area (TPSA) is 6.48 Å². The first-order chi connectivity index (χ1) is 8.79. The fraction of sp³-hybridized carbons (Fsp3) is 1.00. The van der Waals surface area contributed by atoms with E-state index < -0.39 is 0 Å². The first-order valence-electron chi connectivity index (χ1n) is 8.26. The summed E-state index contributed by atoms with van der Waals surface area (Å²) in [6.45, 7) is 19.3. The van der Waals surface area contributed by atoms with Gasteiger partial charge in [0.05, 0.1) is 0 Å². The van der Waals surface area contributed by atoms with E-state index >= 15 is 0 Å². The van der Waals surface area contributed by atoms with Crippen LogP contribution in [-0.4, -0.2) is 48.6 Å². The second-order valence-electron chi connectivity index (χ2n) is 5.05. The molecule has 2 saturated heterocycles. The molecular weight excluding hydrogens is 220 g/mol. The summed E-state index contributed by atoms with van der Waals surface area (Å²) in [7, 11) is 0. The Hall–Kier alpha value is -0.0800. The summed E-state index contributed by atoms with van der Waals surface area (Å²) in [4.78, 5) is 5.31. The molecule has 2 heterocycles. The first kappa shape index (κ1) is 17.9. The van der Waals surface area contributed by atoms with Crippen LogP contribution in [0.3, 0.4) is 0 Å². The molecule has 0 radical (unpaired) electrons. The lowest BCUT2D eigenvalue weighted by Crippen LogP contribution is -2.43. The predicted molar refractivity (Wildman–Crippen MR) is 83.2 cm³/mol. The molecule has 0 N–H and O–H groups in total. The largest absolute Gasteiger partial charge is 0.303 e. The van der Waals surface area contributed by atoms with E-state index in [0.717, 1.165) is 12.0 Å². The number of likely N-dealkylation sites (tertiary alicyclic amines) is 2. The average molecular weight is 256 g/mol. The molecule has 1 atom stereocenters. The molecule has 2 aliphatic rings. The molecule has 110 valence electrons. The molecule has 2 aliphatic heterocycles. The van der Waals surface area contributed by atoms with Crippen molar-refractivity contribution in [2.75, 3.05) is 32.7 Å². The Balaban J connectivity index is 0.000000659. The monoisotopic (exact) mass is 256 g/mol. The molecule has 2 heteroatoms. The summed E-state index contributed by atoms with van der Waals surface area (Å²) in [5, 5.41) is 0. The zero-order valence-corrected chi connectivity index (χ0v) is 13.7. The van der Waals surface area contributed by atoms with Gasteiger partial charge in [-0.15, -0.1) is 0 Å². The van der Waals surface area contributed by atoms with E-state index in [-0.39, 0.29) is 0 Å². The highest BCUT2D eigenvalue weighted by Gasteiger charge is 2.28. The van der Waals surface area contributed by atoms with Crippen LogP contribution in [0.2, 0.25) is 0 Å². The van der Waals surface area contributed by atoms with Crippen molar-refractivity contribution < 1.29 is 0 Å². The van der Waals surface area contributed by atoms with Gasteiger partial charge in [-0.05, 0) is 51.4 Å². The number of hydrogen-bond donors (Lipinski definition) is 0. The number of piperidine rings is 1. The normalized spacial score (nSPS) is 26.0. The van der Waals surface area contributed by atoms with Gasteiger partial charge in [0.2, 0.25) is 0 Å². The quantitative estimate of drug-likeness (QED) is 0.740. The van der Waals surface area contributed by atoms with Crippen LogP contribution in [0.25, 0.3) is 0 Å². The third-order valence-corrected chi connectivity index (χ3v) is 3.98. The van der Waals surface area contributed by atoms with Crippen molar-refractivity contribution in [3.8, 4) is 0 Å². The van der Waals surface area contributed by atoms with Crippen molar-refractivity contribution in [3.05, 3.63) is 0 Å². The summed E-state index contributed by atoms with van der Waals surface area (Å²) >= 11 is 0. The van der Waals surface area contributed by atoms with Gasteiger partial charge < -0.3 is 9.80 Å². The van der Waals surface area contributed by atoms with E-state index in [2.05, 4.69) is 23.6 Å². The van der Waals surface area contributed by atoms with Crippen LogP contribution in [0.1, 0.15) is 60.8 Å². The minimum Gasteiger partial charge on any atom is -0.303 e. The van der Waals surface area contributed by atoms with Crippen LogP contribution in [0.5, 0.6) is 0 Å². The predicted octanol–water partition coefficient (Wildman–Crippen LogP) is 3.86. The van der Waals surface area contributed by atoms with Crippen molar-refractivity contribution in [1.82, 2.24) is 9.80 Å². The van der Waals surface area contributed by atoms with Crippen LogP contribution < -0.4 is 0 Å². The van der Waals surface area contributed by atoms with E-state index in [1.165, 1.54) is 52.0 Å². The molecule has 0 aromatic heterocycles. The van der Waals surface area contributed by atoms with Crippen LogP contribution in [0.4, 0.5) is 0 Å². The average Bonchev–Trinajstić information content (AvgIpc) is 2.90. The van der Waals surface area contributed by atoms with Gasteiger partial charge in [-0.1, -0.05) is 41.5 Å². The van der Waals surface area contributed by atoms with Crippen molar-refractivity contribution in [2.45, 2.75) is 66.8 Å². The molecule has 0 aromatic carbocycles. The third-order valence-electron chi connectivity index (χ3n) is 3.98. The van der Waals surface area contributed by atoms with Gasteiger partial charge in [0, 0.05) is 12.6 Å². The maximum Gasteiger partial charge on any atom is 0.0120 e. The third kappa shape index (κ3) is 5.71. The number of nitrogens with zero attached hydrogens (tertiary/aromatic N) is 2. The highest BCUT2D eigenvalue weighted by molar-refractivity contribution is 4.83. The molecule has 0 aliphatic carbocycles. The SMILES string of the molecule is CC.CC.CCN1CCC(N2CCC(C)C2)CC1. The Bertz CT molecular complexity index is 174. The molecule has 2 fully saturated rings. The van der Waals surface area contributed by atoms with Crippen LogP contribution >= 0.6 is 0 Å². The lowest BCUT2D eigenvalue weighted by atomic mass is 10.0. The Morgan fingerprint density at radius 1 is 0.889 bits per heavy atom. The fourth-order valence-corrected chi connectivity index (χ4v) is 2.90. The van der Waals surface area contributed by atoms with Gasteiger partial charge in [-0.25, -0.2) is 0 Å². The van der Waals surface area contributed by atoms with E-state index in [1.807, 2.05) is 27.7 Å². The van der Waals surface area contributed by atoms with Crippen molar-refractivity contribution in [2.24, 2.45) is 5.92 Å². The van der Waals surface area contributed by atoms with Crippen molar-refractivity contribution >= 4 is 0 Å². The van der Waals surface area contributed by atoms with E-state index in [1.54, 1.807) is 0 Å². The highest BCUT2D eigenvalue weighted by atomic mass is 15.2. The second-order valence-corrected chi connectivity index (χ2v) is 5.05. The lowest BCUT2D eigenvalue weighted by Gasteiger charge is -2.36. The Kier molecular flexibility index (Phi) is 10.8. The zero-order chi connectivity index (χ0) is 14.0. The molecule has 0 spiro atoms. The fourth-order valence-electron chi connectivity index (χ4n) is 2.90. The highest BCUT2D eigenvalue weighted by Crippen LogP contribution is 2.23. The molecule has 0 aromatic rings. The summed E-state index contributed by atoms with van der Waals surface area (Å²) in [5.74, 6) is 0.944. The Labute approximate surface area is 116 Å². The van der Waals surface area contributed by atoms with Crippen LogP contribution in [0, 0.1) is 5.92 Å². The molecule has 0 bridgehead atoms. The van der Waals surface area contributed by atoms with Gasteiger partial charge in [0.15, 0.2) is 0 Å². The van der Waals surface area contributed by atoms with E-state index in [9.17, 15) is 0 Å². The Morgan fingerprint density at radius 3 is 1.83 bits per heavy atom. The number of rotatable bonds is 2. The smallest absolute Gasteiger partial charge is 0.0120 e. The van der Waals surface area contributed by atoms with Gasteiger partial charge in [0.1, 0.15) is 0 Å². The second kappa shape index (κ2) is 10.8. The van der Waals surface area contributed by atoms with Gasteiger partial charge in [-0.2, -0.15) is 0 Å². The van der Waals surface area contributed by atoms with Gasteiger partial charge >= 0.3 is 0 Å². The summed E-state index contributed by atoms with van der Waals surface area (Å²) in [5.41, 5.74) is 0. The van der Waals surface area contributed by atoms with Gasteiger partial charge in [0.25, 0.3) is 0 Å². The van der Waals surface area contributed by atoms with Crippen molar-refractivity contribution in [1.29, 1.82) is 0 Å². The summed E-state index contributed by atoms with van der Waals surface area (Å²) < 4.78 is 0. The number of hydrogen-bond acceptors (Lipinski definition) is 2. The van der Waals surface area contributed by atoms with E-state index in [4.69, 9.17) is 0 Å². The Morgan fingerprint density at radius 2 is 1.44 bits per heavy atom. The van der Waals surface area contributed by atoms with Crippen LogP contribution in [0.15, 0.2) is 0 Å². The van der Waals surface area contributed by atoms with Gasteiger partial charge in [-0.3, -0.25) is 0 Å². The first-order valence-corrected chi connectivity index (χ1v) is 8.26. The molecular formula is C16H36N2.